The number of aryl methyl sites for hydroxylation is 1. The number of ether oxygens (including phenoxy) is 2. The third-order valence-electron chi connectivity index (χ3n) is 4.37. The van der Waals surface area contributed by atoms with Crippen molar-refractivity contribution in [3.63, 3.8) is 0 Å². The van der Waals surface area contributed by atoms with E-state index in [1.165, 1.54) is 31.4 Å². The Bertz CT molecular complexity index is 974. The lowest BCUT2D eigenvalue weighted by atomic mass is 10.1. The van der Waals surface area contributed by atoms with Gasteiger partial charge in [0.05, 0.1) is 17.1 Å². The number of esters is 1. The van der Waals surface area contributed by atoms with Gasteiger partial charge in [0.2, 0.25) is 0 Å². The summed E-state index contributed by atoms with van der Waals surface area (Å²) in [4.78, 5) is 23.7. The third kappa shape index (κ3) is 8.03. The molecule has 0 bridgehead atoms. The molecule has 2 aromatic rings. The van der Waals surface area contributed by atoms with Crippen LogP contribution in [0.25, 0.3) is 0 Å². The van der Waals surface area contributed by atoms with E-state index in [-0.39, 0.29) is 10.5 Å². The molecule has 0 aliphatic rings. The molecule has 0 aliphatic carbocycles. The molecule has 0 aromatic heterocycles. The highest BCUT2D eigenvalue weighted by atomic mass is 32.2. The number of carbonyl (C=O) groups is 2. The Balaban J connectivity index is 2.00. The fourth-order valence-electron chi connectivity index (χ4n) is 2.68. The highest BCUT2D eigenvalue weighted by molar-refractivity contribution is 7.92. The van der Waals surface area contributed by atoms with Gasteiger partial charge in [-0.05, 0) is 48.7 Å². The number of carbonyl (C=O) groups excluding carboxylic acids is 2. The van der Waals surface area contributed by atoms with E-state index in [0.717, 1.165) is 24.8 Å². The van der Waals surface area contributed by atoms with Gasteiger partial charge in [-0.3, -0.25) is 9.52 Å². The fraction of sp³-hybridized carbons (Fsp3) is 0.364. The molecule has 168 valence electrons. The fourth-order valence-corrected chi connectivity index (χ4v) is 3.79. The zero-order chi connectivity index (χ0) is 22.7. The van der Waals surface area contributed by atoms with E-state index in [1.807, 2.05) is 12.1 Å². The first-order valence-corrected chi connectivity index (χ1v) is 11.5. The summed E-state index contributed by atoms with van der Waals surface area (Å²) in [5.74, 6) is -1.27. The van der Waals surface area contributed by atoms with Crippen LogP contribution < -0.4 is 10.0 Å². The second kappa shape index (κ2) is 12.1. The van der Waals surface area contributed by atoms with Gasteiger partial charge in [-0.25, -0.2) is 13.2 Å². The number of hydrogen-bond donors (Lipinski definition) is 2. The maximum Gasteiger partial charge on any atom is 0.338 e. The molecule has 8 nitrogen and oxygen atoms in total. The minimum Gasteiger partial charge on any atom is -0.452 e. The molecule has 0 spiro atoms. The van der Waals surface area contributed by atoms with Gasteiger partial charge in [0, 0.05) is 19.3 Å². The van der Waals surface area contributed by atoms with Crippen molar-refractivity contribution in [3.05, 3.63) is 59.7 Å². The summed E-state index contributed by atoms with van der Waals surface area (Å²) in [7, 11) is -2.39. The van der Waals surface area contributed by atoms with Crippen LogP contribution >= 0.6 is 0 Å². The van der Waals surface area contributed by atoms with Crippen molar-refractivity contribution in [2.75, 3.05) is 31.6 Å². The summed E-state index contributed by atoms with van der Waals surface area (Å²) in [5, 5.41) is 2.52. The van der Waals surface area contributed by atoms with Crippen LogP contribution in [0.5, 0.6) is 0 Å². The first-order valence-electron chi connectivity index (χ1n) is 10.0. The second-order valence-corrected chi connectivity index (χ2v) is 8.54. The summed E-state index contributed by atoms with van der Waals surface area (Å²) >= 11 is 0. The molecule has 2 aromatic carbocycles. The molecular formula is C22H28N2O6S. The van der Waals surface area contributed by atoms with Crippen molar-refractivity contribution in [2.45, 2.75) is 31.1 Å². The van der Waals surface area contributed by atoms with Gasteiger partial charge < -0.3 is 14.8 Å². The topological polar surface area (TPSA) is 111 Å². The van der Waals surface area contributed by atoms with Crippen LogP contribution in [-0.4, -0.2) is 47.2 Å². The molecule has 2 rings (SSSR count). The average Bonchev–Trinajstić information content (AvgIpc) is 2.77. The molecular weight excluding hydrogens is 420 g/mol. The highest BCUT2D eigenvalue weighted by Gasteiger charge is 2.18. The zero-order valence-electron chi connectivity index (χ0n) is 17.7. The first kappa shape index (κ1) is 24.4. The SMILES string of the molecule is CCCCc1ccc(NS(=O)(=O)c2cccc(C(=O)OCC(=O)NCCOC)c2)cc1. The average molecular weight is 449 g/mol. The van der Waals surface area contributed by atoms with Crippen molar-refractivity contribution in [1.82, 2.24) is 5.32 Å². The van der Waals surface area contributed by atoms with Crippen LogP contribution in [0, 0.1) is 0 Å². The van der Waals surface area contributed by atoms with E-state index in [1.54, 1.807) is 12.1 Å². The molecule has 31 heavy (non-hydrogen) atoms. The van der Waals surface area contributed by atoms with Gasteiger partial charge >= 0.3 is 5.97 Å². The van der Waals surface area contributed by atoms with Crippen LogP contribution in [0.4, 0.5) is 5.69 Å². The molecule has 0 atom stereocenters. The smallest absolute Gasteiger partial charge is 0.338 e. The number of hydrogen-bond acceptors (Lipinski definition) is 6. The normalized spacial score (nSPS) is 11.0. The van der Waals surface area contributed by atoms with Gasteiger partial charge in [0.15, 0.2) is 6.61 Å². The number of nitrogens with one attached hydrogen (secondary N) is 2. The summed E-state index contributed by atoms with van der Waals surface area (Å²) in [6.45, 7) is 2.28. The largest absolute Gasteiger partial charge is 0.452 e. The van der Waals surface area contributed by atoms with E-state index in [0.29, 0.717) is 18.8 Å². The molecule has 0 fully saturated rings. The lowest BCUT2D eigenvalue weighted by Crippen LogP contribution is -2.31. The molecule has 9 heteroatoms. The number of amides is 1. The maximum absolute atomic E-state index is 12.7. The molecule has 1 amide bonds. The molecule has 0 unspecified atom stereocenters. The number of anilines is 1. The summed E-state index contributed by atoms with van der Waals surface area (Å²) in [6.07, 6.45) is 3.10. The van der Waals surface area contributed by atoms with E-state index >= 15 is 0 Å². The Morgan fingerprint density at radius 1 is 1.06 bits per heavy atom. The summed E-state index contributed by atoms with van der Waals surface area (Å²) in [5.41, 5.74) is 1.60. The lowest BCUT2D eigenvalue weighted by molar-refractivity contribution is -0.124. The van der Waals surface area contributed by atoms with Gasteiger partial charge in [-0.15, -0.1) is 0 Å². The van der Waals surface area contributed by atoms with E-state index < -0.39 is 28.5 Å². The van der Waals surface area contributed by atoms with Crippen molar-refractivity contribution >= 4 is 27.6 Å². The van der Waals surface area contributed by atoms with Crippen LogP contribution in [0.1, 0.15) is 35.7 Å². The molecule has 0 heterocycles. The number of methoxy groups -OCH3 is 1. The minimum atomic E-state index is -3.90. The minimum absolute atomic E-state index is 0.0301. The molecule has 0 aliphatic heterocycles. The first-order chi connectivity index (χ1) is 14.9. The van der Waals surface area contributed by atoms with E-state index in [4.69, 9.17) is 9.47 Å². The predicted molar refractivity (Wildman–Crippen MR) is 117 cm³/mol. The van der Waals surface area contributed by atoms with E-state index in [9.17, 15) is 18.0 Å². The summed E-state index contributed by atoms with van der Waals surface area (Å²) in [6, 6.07) is 12.7. The number of benzene rings is 2. The van der Waals surface area contributed by atoms with Crippen LogP contribution in [0.15, 0.2) is 53.4 Å². The Labute approximate surface area is 183 Å². The number of rotatable bonds is 12. The number of sulfonamides is 1. The second-order valence-electron chi connectivity index (χ2n) is 6.85. The highest BCUT2D eigenvalue weighted by Crippen LogP contribution is 2.19. The number of unbranched alkanes of at least 4 members (excludes halogenated alkanes) is 1. The molecule has 0 saturated carbocycles. The maximum atomic E-state index is 12.7. The van der Waals surface area contributed by atoms with Crippen molar-refractivity contribution in [2.24, 2.45) is 0 Å². The molecule has 2 N–H and O–H groups in total. The van der Waals surface area contributed by atoms with Gasteiger partial charge in [-0.2, -0.15) is 0 Å². The Morgan fingerprint density at radius 2 is 1.81 bits per heavy atom. The summed E-state index contributed by atoms with van der Waals surface area (Å²) < 4.78 is 37.7. The Hall–Kier alpha value is -2.91. The third-order valence-corrected chi connectivity index (χ3v) is 5.75. The van der Waals surface area contributed by atoms with Crippen molar-refractivity contribution < 1.29 is 27.5 Å². The molecule has 0 saturated heterocycles. The standard InChI is InChI=1S/C22H28N2O6S/c1-3-4-6-17-9-11-19(12-10-17)24-31(27,28)20-8-5-7-18(15-20)22(26)30-16-21(25)23-13-14-29-2/h5,7-12,15,24H,3-4,6,13-14,16H2,1-2H3,(H,23,25). The van der Waals surface area contributed by atoms with Crippen molar-refractivity contribution in [3.8, 4) is 0 Å². The van der Waals surface area contributed by atoms with Crippen molar-refractivity contribution in [1.29, 1.82) is 0 Å². The van der Waals surface area contributed by atoms with E-state index in [2.05, 4.69) is 17.0 Å². The Kier molecular flexibility index (Phi) is 9.48. The lowest BCUT2D eigenvalue weighted by Gasteiger charge is -2.10. The van der Waals surface area contributed by atoms with Gasteiger partial charge in [0.25, 0.3) is 15.9 Å². The van der Waals surface area contributed by atoms with Crippen LogP contribution in [0.2, 0.25) is 0 Å². The van der Waals surface area contributed by atoms with Gasteiger partial charge in [-0.1, -0.05) is 31.5 Å². The molecule has 0 radical (unpaired) electrons. The quantitative estimate of drug-likeness (QED) is 0.382. The van der Waals surface area contributed by atoms with Gasteiger partial charge in [0.1, 0.15) is 0 Å². The zero-order valence-corrected chi connectivity index (χ0v) is 18.5. The van der Waals surface area contributed by atoms with Crippen LogP contribution in [0.3, 0.4) is 0 Å². The predicted octanol–water partition coefficient (Wildman–Crippen LogP) is 2.75. The van der Waals surface area contributed by atoms with Crippen LogP contribution in [-0.2, 0) is 30.7 Å². The Morgan fingerprint density at radius 3 is 2.48 bits per heavy atom. The monoisotopic (exact) mass is 448 g/mol.